The van der Waals surface area contributed by atoms with Crippen LogP contribution in [0.1, 0.15) is 48.2 Å². The summed E-state index contributed by atoms with van der Waals surface area (Å²) in [6.45, 7) is 2.73. The molecule has 1 amide bonds. The first kappa shape index (κ1) is 20.1. The monoisotopic (exact) mass is 424 g/mol. The summed E-state index contributed by atoms with van der Waals surface area (Å²) >= 11 is 7.62. The lowest BCUT2D eigenvalue weighted by Gasteiger charge is -2.13. The first-order chi connectivity index (χ1) is 14.1. The van der Waals surface area contributed by atoms with Crippen LogP contribution in [0.5, 0.6) is 0 Å². The van der Waals surface area contributed by atoms with E-state index in [1.165, 1.54) is 31.3 Å². The largest absolute Gasteiger partial charge is 0.350 e. The quantitative estimate of drug-likeness (QED) is 0.422. The molecule has 1 aromatic heterocycles. The van der Waals surface area contributed by atoms with Gasteiger partial charge < -0.3 is 10.3 Å². The standard InChI is InChI=1S/C24H25ClN2OS/c1-16-7-12-20-21(15-16)27-22(23(20)29-19-10-8-18(25)9-11-19)24(28)26-14-13-17-5-3-2-4-6-17/h5,7-12,15,27H,2-4,6,13-14H2,1H3,(H,26,28). The lowest BCUT2D eigenvalue weighted by atomic mass is 9.97. The molecule has 0 saturated heterocycles. The zero-order valence-corrected chi connectivity index (χ0v) is 18.1. The summed E-state index contributed by atoms with van der Waals surface area (Å²) in [5, 5.41) is 4.88. The van der Waals surface area contributed by atoms with Crippen LogP contribution in [0, 0.1) is 6.92 Å². The minimum absolute atomic E-state index is 0.0493. The Bertz CT molecular complexity index is 1050. The Hall–Kier alpha value is -2.17. The van der Waals surface area contributed by atoms with Crippen LogP contribution in [0.25, 0.3) is 10.9 Å². The molecule has 2 N–H and O–H groups in total. The van der Waals surface area contributed by atoms with Crippen LogP contribution in [0.4, 0.5) is 0 Å². The maximum atomic E-state index is 13.0. The molecule has 1 heterocycles. The summed E-state index contributed by atoms with van der Waals surface area (Å²) in [5.41, 5.74) is 4.25. The number of allylic oxidation sites excluding steroid dienone is 1. The summed E-state index contributed by atoms with van der Waals surface area (Å²) in [4.78, 5) is 18.4. The average Bonchev–Trinajstić information content (AvgIpc) is 3.08. The lowest BCUT2D eigenvalue weighted by molar-refractivity contribution is 0.0947. The molecule has 4 rings (SSSR count). The van der Waals surface area contributed by atoms with Crippen molar-refractivity contribution in [1.29, 1.82) is 0 Å². The van der Waals surface area contributed by atoms with E-state index in [2.05, 4.69) is 41.5 Å². The fourth-order valence-corrected chi connectivity index (χ4v) is 4.90. The summed E-state index contributed by atoms with van der Waals surface area (Å²) in [6.07, 6.45) is 8.16. The highest BCUT2D eigenvalue weighted by Gasteiger charge is 2.19. The second-order valence-corrected chi connectivity index (χ2v) is 9.07. The molecule has 0 atom stereocenters. The number of carbonyl (C=O) groups is 1. The van der Waals surface area contributed by atoms with Crippen LogP contribution in [-0.4, -0.2) is 17.4 Å². The van der Waals surface area contributed by atoms with E-state index >= 15 is 0 Å². The fraction of sp³-hybridized carbons (Fsp3) is 0.292. The van der Waals surface area contributed by atoms with Crippen LogP contribution < -0.4 is 5.32 Å². The van der Waals surface area contributed by atoms with Gasteiger partial charge >= 0.3 is 0 Å². The third-order valence-corrected chi connectivity index (χ3v) is 6.67. The maximum Gasteiger partial charge on any atom is 0.268 e. The van der Waals surface area contributed by atoms with E-state index in [1.807, 2.05) is 24.3 Å². The molecule has 5 heteroatoms. The van der Waals surface area contributed by atoms with Crippen molar-refractivity contribution in [2.24, 2.45) is 0 Å². The molecule has 0 saturated carbocycles. The Kier molecular flexibility index (Phi) is 6.31. The number of carbonyl (C=O) groups excluding carboxylic acids is 1. The molecule has 150 valence electrons. The summed E-state index contributed by atoms with van der Waals surface area (Å²) in [5.74, 6) is -0.0493. The molecule has 0 bridgehead atoms. The minimum atomic E-state index is -0.0493. The highest BCUT2D eigenvalue weighted by atomic mass is 35.5. The first-order valence-corrected chi connectivity index (χ1v) is 11.3. The van der Waals surface area contributed by atoms with Crippen molar-refractivity contribution < 1.29 is 4.79 Å². The van der Waals surface area contributed by atoms with Gasteiger partial charge in [0, 0.05) is 27.4 Å². The highest BCUT2D eigenvalue weighted by molar-refractivity contribution is 7.99. The Morgan fingerprint density at radius 2 is 2.00 bits per heavy atom. The van der Waals surface area contributed by atoms with Gasteiger partial charge in [0.15, 0.2) is 0 Å². The number of H-pyrrole nitrogens is 1. The van der Waals surface area contributed by atoms with Gasteiger partial charge in [0.2, 0.25) is 0 Å². The molecule has 0 aliphatic heterocycles. The zero-order chi connectivity index (χ0) is 20.2. The van der Waals surface area contributed by atoms with Gasteiger partial charge in [0.1, 0.15) is 5.69 Å². The number of rotatable bonds is 6. The molecule has 0 radical (unpaired) electrons. The highest BCUT2D eigenvalue weighted by Crippen LogP contribution is 2.37. The molecule has 2 aromatic carbocycles. The summed E-state index contributed by atoms with van der Waals surface area (Å²) in [6, 6.07) is 14.0. The van der Waals surface area contributed by atoms with E-state index in [0.717, 1.165) is 32.7 Å². The smallest absolute Gasteiger partial charge is 0.268 e. The van der Waals surface area contributed by atoms with Gasteiger partial charge in [0.05, 0.1) is 4.90 Å². The molecule has 3 aromatic rings. The molecule has 0 spiro atoms. The van der Waals surface area contributed by atoms with Gasteiger partial charge in [-0.15, -0.1) is 0 Å². The number of hydrogen-bond donors (Lipinski definition) is 2. The number of benzene rings is 2. The topological polar surface area (TPSA) is 44.9 Å². The van der Waals surface area contributed by atoms with E-state index in [-0.39, 0.29) is 5.91 Å². The molecular formula is C24H25ClN2OS. The van der Waals surface area contributed by atoms with E-state index in [4.69, 9.17) is 11.6 Å². The van der Waals surface area contributed by atoms with E-state index in [9.17, 15) is 4.79 Å². The molecule has 3 nitrogen and oxygen atoms in total. The normalized spacial score (nSPS) is 14.1. The number of aromatic amines is 1. The van der Waals surface area contributed by atoms with E-state index in [1.54, 1.807) is 11.8 Å². The average molecular weight is 425 g/mol. The predicted molar refractivity (Wildman–Crippen MR) is 122 cm³/mol. The minimum Gasteiger partial charge on any atom is -0.350 e. The van der Waals surface area contributed by atoms with Crippen molar-refractivity contribution in [2.45, 2.75) is 48.8 Å². The third kappa shape index (κ3) is 4.88. The maximum absolute atomic E-state index is 13.0. The molecule has 0 fully saturated rings. The SMILES string of the molecule is Cc1ccc2c(Sc3ccc(Cl)cc3)c(C(=O)NCCC3=CCCCC3)[nH]c2c1. The van der Waals surface area contributed by atoms with Gasteiger partial charge in [-0.2, -0.15) is 0 Å². The van der Waals surface area contributed by atoms with Gasteiger partial charge in [0.25, 0.3) is 5.91 Å². The number of amides is 1. The van der Waals surface area contributed by atoms with Crippen LogP contribution in [0.2, 0.25) is 5.02 Å². The Balaban J connectivity index is 1.57. The first-order valence-electron chi connectivity index (χ1n) is 10.1. The number of halogens is 1. The lowest BCUT2D eigenvalue weighted by Crippen LogP contribution is -2.25. The second kappa shape index (κ2) is 9.10. The van der Waals surface area contributed by atoms with Gasteiger partial charge in [-0.1, -0.05) is 47.1 Å². The Morgan fingerprint density at radius 3 is 2.76 bits per heavy atom. The van der Waals surface area contributed by atoms with Crippen LogP contribution in [0.3, 0.4) is 0 Å². The molecule has 1 aliphatic carbocycles. The van der Waals surface area contributed by atoms with E-state index < -0.39 is 0 Å². The molecule has 0 unspecified atom stereocenters. The van der Waals surface area contributed by atoms with Gasteiger partial charge in [-0.05, 0) is 74.9 Å². The van der Waals surface area contributed by atoms with Crippen LogP contribution >= 0.6 is 23.4 Å². The Labute approximate surface area is 180 Å². The van der Waals surface area contributed by atoms with Gasteiger partial charge in [-0.25, -0.2) is 0 Å². The molecule has 1 aliphatic rings. The predicted octanol–water partition coefficient (Wildman–Crippen LogP) is 6.90. The Morgan fingerprint density at radius 1 is 1.17 bits per heavy atom. The molecule has 29 heavy (non-hydrogen) atoms. The molecular weight excluding hydrogens is 400 g/mol. The van der Waals surface area contributed by atoms with Crippen molar-refractivity contribution in [3.05, 3.63) is 70.4 Å². The van der Waals surface area contributed by atoms with Crippen molar-refractivity contribution in [3.63, 3.8) is 0 Å². The van der Waals surface area contributed by atoms with Crippen molar-refractivity contribution in [1.82, 2.24) is 10.3 Å². The van der Waals surface area contributed by atoms with Crippen molar-refractivity contribution >= 4 is 40.2 Å². The fourth-order valence-electron chi connectivity index (χ4n) is 3.73. The van der Waals surface area contributed by atoms with Gasteiger partial charge in [-0.3, -0.25) is 4.79 Å². The zero-order valence-electron chi connectivity index (χ0n) is 16.6. The van der Waals surface area contributed by atoms with Crippen LogP contribution in [-0.2, 0) is 0 Å². The van der Waals surface area contributed by atoms with Crippen molar-refractivity contribution in [3.8, 4) is 0 Å². The second-order valence-electron chi connectivity index (χ2n) is 7.55. The van der Waals surface area contributed by atoms with E-state index in [0.29, 0.717) is 17.3 Å². The summed E-state index contributed by atoms with van der Waals surface area (Å²) < 4.78 is 0. The van der Waals surface area contributed by atoms with Crippen LogP contribution in [0.15, 0.2) is 63.9 Å². The number of aryl methyl sites for hydroxylation is 1. The number of hydrogen-bond acceptors (Lipinski definition) is 2. The van der Waals surface area contributed by atoms with Crippen molar-refractivity contribution in [2.75, 3.05) is 6.54 Å². The number of fused-ring (bicyclic) bond motifs is 1. The number of aromatic nitrogens is 1. The third-order valence-electron chi connectivity index (χ3n) is 5.28. The summed E-state index contributed by atoms with van der Waals surface area (Å²) in [7, 11) is 0. The number of nitrogens with one attached hydrogen (secondary N) is 2.